The second-order valence-corrected chi connectivity index (χ2v) is 8.68. The van der Waals surface area contributed by atoms with Gasteiger partial charge in [-0.3, -0.25) is 0 Å². The van der Waals surface area contributed by atoms with Crippen molar-refractivity contribution in [3.8, 4) is 0 Å². The van der Waals surface area contributed by atoms with Gasteiger partial charge in [0.1, 0.15) is 17.1 Å². The van der Waals surface area contributed by atoms with E-state index < -0.39 is 11.5 Å². The first-order valence-electron chi connectivity index (χ1n) is 9.60. The molecule has 2 aromatic rings. The molecule has 0 aliphatic heterocycles. The minimum absolute atomic E-state index is 0.0888. The number of nitrogens with zero attached hydrogens (tertiary/aromatic N) is 3. The minimum Gasteiger partial charge on any atom is -0.386 e. The fourth-order valence-corrected chi connectivity index (χ4v) is 4.56. The Morgan fingerprint density at radius 3 is 1.96 bits per heavy atom. The average molecular weight is 354 g/mol. The molecule has 0 saturated heterocycles. The zero-order valence-corrected chi connectivity index (χ0v) is 16.8. The monoisotopic (exact) mass is 353 g/mol. The van der Waals surface area contributed by atoms with Crippen LogP contribution in [0, 0.1) is 16.2 Å². The first-order valence-corrected chi connectivity index (χ1v) is 9.60. The summed E-state index contributed by atoms with van der Waals surface area (Å²) in [4.78, 5) is 1.62. The molecule has 1 heterocycles. The van der Waals surface area contributed by atoms with Crippen LogP contribution in [0.1, 0.15) is 54.4 Å². The average Bonchev–Trinajstić information content (AvgIpc) is 3.05. The normalized spacial score (nSPS) is 20.4. The van der Waals surface area contributed by atoms with Gasteiger partial charge in [0.05, 0.1) is 5.70 Å². The highest BCUT2D eigenvalue weighted by atomic mass is 16.3. The largest absolute Gasteiger partial charge is 0.386 e. The Bertz CT molecular complexity index is 808. The van der Waals surface area contributed by atoms with E-state index >= 15 is 0 Å². The summed E-state index contributed by atoms with van der Waals surface area (Å²) < 4.78 is 0. The molecule has 1 atom stereocenters. The molecule has 0 radical (unpaired) electrons. The van der Waals surface area contributed by atoms with Crippen LogP contribution in [0.3, 0.4) is 0 Å². The van der Waals surface area contributed by atoms with E-state index in [2.05, 4.69) is 63.9 Å². The topological polar surface area (TPSA) is 50.9 Å². The lowest BCUT2D eigenvalue weighted by atomic mass is 9.47. The van der Waals surface area contributed by atoms with Crippen LogP contribution in [-0.2, 0) is 0 Å². The molecule has 1 N–H and O–H groups in total. The van der Waals surface area contributed by atoms with E-state index in [0.717, 1.165) is 29.6 Å². The third kappa shape index (κ3) is 2.54. The van der Waals surface area contributed by atoms with Crippen molar-refractivity contribution in [3.05, 3.63) is 42.5 Å². The third-order valence-corrected chi connectivity index (χ3v) is 6.86. The fraction of sp³-hybridized carbons (Fsp3) is 0.545. The van der Waals surface area contributed by atoms with Crippen molar-refractivity contribution in [2.75, 3.05) is 0 Å². The van der Waals surface area contributed by atoms with E-state index in [1.165, 1.54) is 0 Å². The first-order chi connectivity index (χ1) is 12.2. The van der Waals surface area contributed by atoms with Crippen molar-refractivity contribution >= 4 is 16.7 Å². The number of hydrogen-bond donors (Lipinski definition) is 1. The van der Waals surface area contributed by atoms with Crippen LogP contribution in [0.4, 0.5) is 0 Å². The number of allylic oxidation sites excluding steroid dienone is 2. The molecule has 26 heavy (non-hydrogen) atoms. The highest BCUT2D eigenvalue weighted by Gasteiger charge is 2.58. The van der Waals surface area contributed by atoms with Crippen LogP contribution in [0.15, 0.2) is 42.5 Å². The zero-order chi connectivity index (χ0) is 19.2. The lowest BCUT2D eigenvalue weighted by Gasteiger charge is -2.58. The number of hydrogen-bond acceptors (Lipinski definition) is 3. The van der Waals surface area contributed by atoms with Gasteiger partial charge < -0.3 is 5.11 Å². The third-order valence-electron chi connectivity index (χ3n) is 6.86. The molecular formula is C22H31N3O. The number of benzene rings is 1. The van der Waals surface area contributed by atoms with Crippen molar-refractivity contribution in [3.63, 3.8) is 0 Å². The van der Waals surface area contributed by atoms with Gasteiger partial charge in [-0.1, -0.05) is 78.7 Å². The molecule has 140 valence electrons. The van der Waals surface area contributed by atoms with Crippen molar-refractivity contribution in [1.82, 2.24) is 15.0 Å². The Balaban J connectivity index is 2.16. The maximum Gasteiger partial charge on any atom is 0.113 e. The molecule has 4 heteroatoms. The van der Waals surface area contributed by atoms with E-state index in [-0.39, 0.29) is 10.8 Å². The van der Waals surface area contributed by atoms with E-state index in [1.807, 2.05) is 30.3 Å². The predicted molar refractivity (Wildman–Crippen MR) is 108 cm³/mol. The molecule has 0 bridgehead atoms. The summed E-state index contributed by atoms with van der Waals surface area (Å²) in [6, 6.07) is 7.81. The Morgan fingerprint density at radius 1 is 1.00 bits per heavy atom. The summed E-state index contributed by atoms with van der Waals surface area (Å²) in [6.07, 6.45) is 7.50. The van der Waals surface area contributed by atoms with Crippen LogP contribution in [0.2, 0.25) is 0 Å². The van der Waals surface area contributed by atoms with Gasteiger partial charge in [0, 0.05) is 5.41 Å². The van der Waals surface area contributed by atoms with Gasteiger partial charge in [-0.05, 0) is 29.0 Å². The van der Waals surface area contributed by atoms with Gasteiger partial charge >= 0.3 is 0 Å². The fourth-order valence-electron chi connectivity index (χ4n) is 4.56. The molecule has 1 aromatic carbocycles. The second-order valence-electron chi connectivity index (χ2n) is 8.68. The molecule has 1 unspecified atom stereocenters. The van der Waals surface area contributed by atoms with Crippen molar-refractivity contribution < 1.29 is 5.11 Å². The maximum atomic E-state index is 11.7. The number of rotatable bonds is 5. The molecular weight excluding hydrogens is 322 g/mol. The Kier molecular flexibility index (Phi) is 4.60. The quantitative estimate of drug-likeness (QED) is 0.817. The van der Waals surface area contributed by atoms with E-state index in [9.17, 15) is 5.11 Å². The molecule has 1 aliphatic carbocycles. The Labute approximate surface area is 156 Å². The van der Waals surface area contributed by atoms with Gasteiger partial charge in [0.25, 0.3) is 0 Å². The smallest absolute Gasteiger partial charge is 0.113 e. The standard InChI is InChI=1S/C22H31N3O/c1-7-20(3,4)22(21(5,6)8-2)15-11-14-18(19(22)26)25-23-16-12-9-10-13-17(16)24-25/h9-15,19,26H,7-8H2,1-6H3. The molecule has 0 amide bonds. The number of fused-ring (bicyclic) bond motifs is 1. The Hall–Kier alpha value is -1.94. The van der Waals surface area contributed by atoms with Crippen LogP contribution in [0.25, 0.3) is 16.7 Å². The summed E-state index contributed by atoms with van der Waals surface area (Å²) in [7, 11) is 0. The van der Waals surface area contributed by atoms with Crippen molar-refractivity contribution in [1.29, 1.82) is 0 Å². The van der Waals surface area contributed by atoms with E-state index in [1.54, 1.807) is 4.80 Å². The SMILES string of the molecule is CCC(C)(C)C1(C(C)(C)CC)C=CC=C(n2nc3ccccc3n2)C1O. The summed E-state index contributed by atoms with van der Waals surface area (Å²) in [6.45, 7) is 13.4. The zero-order valence-electron chi connectivity index (χ0n) is 16.8. The van der Waals surface area contributed by atoms with Gasteiger partial charge in [-0.2, -0.15) is 4.80 Å². The molecule has 3 rings (SSSR count). The van der Waals surface area contributed by atoms with Gasteiger partial charge in [-0.15, -0.1) is 10.2 Å². The molecule has 0 fully saturated rings. The van der Waals surface area contributed by atoms with Crippen LogP contribution in [-0.4, -0.2) is 26.2 Å². The molecule has 0 saturated carbocycles. The van der Waals surface area contributed by atoms with E-state index in [4.69, 9.17) is 0 Å². The van der Waals surface area contributed by atoms with E-state index in [0.29, 0.717) is 0 Å². The number of aliphatic hydroxyl groups is 1. The number of aromatic nitrogens is 3. The molecule has 4 nitrogen and oxygen atoms in total. The van der Waals surface area contributed by atoms with Gasteiger partial charge in [0.2, 0.25) is 0 Å². The first kappa shape index (κ1) is 18.8. The van der Waals surface area contributed by atoms with Crippen molar-refractivity contribution in [2.45, 2.75) is 60.5 Å². The minimum atomic E-state index is -0.681. The molecule has 1 aromatic heterocycles. The van der Waals surface area contributed by atoms with Crippen LogP contribution >= 0.6 is 0 Å². The lowest BCUT2D eigenvalue weighted by molar-refractivity contribution is -0.0883. The summed E-state index contributed by atoms with van der Waals surface area (Å²) in [5.41, 5.74) is 1.83. The highest BCUT2D eigenvalue weighted by molar-refractivity contribution is 5.74. The summed E-state index contributed by atoms with van der Waals surface area (Å²) in [5, 5.41) is 20.9. The Morgan fingerprint density at radius 2 is 1.50 bits per heavy atom. The highest BCUT2D eigenvalue weighted by Crippen LogP contribution is 2.60. The van der Waals surface area contributed by atoms with Crippen molar-refractivity contribution in [2.24, 2.45) is 16.2 Å². The van der Waals surface area contributed by atoms with Crippen LogP contribution < -0.4 is 0 Å². The predicted octanol–water partition coefficient (Wildman–Crippen LogP) is 5.06. The second kappa shape index (κ2) is 6.34. The summed E-state index contributed by atoms with van der Waals surface area (Å²) in [5.74, 6) is 0. The summed E-state index contributed by atoms with van der Waals surface area (Å²) >= 11 is 0. The molecule has 0 spiro atoms. The van der Waals surface area contributed by atoms with Gasteiger partial charge in [-0.25, -0.2) is 0 Å². The van der Waals surface area contributed by atoms with Crippen LogP contribution in [0.5, 0.6) is 0 Å². The molecule has 1 aliphatic rings. The maximum absolute atomic E-state index is 11.7. The van der Waals surface area contributed by atoms with Gasteiger partial charge in [0.15, 0.2) is 0 Å². The lowest BCUT2D eigenvalue weighted by Crippen LogP contribution is -2.56. The number of aliphatic hydroxyl groups excluding tert-OH is 1.